The van der Waals surface area contributed by atoms with Crippen molar-refractivity contribution >= 4 is 0 Å². The second-order valence-electron chi connectivity index (χ2n) is 6.37. The Hall–Kier alpha value is -1.64. The maximum Gasteiger partial charge on any atom is 0.0515 e. The average Bonchev–Trinajstić information content (AvgIpc) is 2.42. The number of hydrogen-bond acceptors (Lipinski definition) is 2. The van der Waals surface area contributed by atoms with Gasteiger partial charge >= 0.3 is 0 Å². The Kier molecular flexibility index (Phi) is 5.38. The van der Waals surface area contributed by atoms with Crippen molar-refractivity contribution in [2.45, 2.75) is 39.8 Å². The van der Waals surface area contributed by atoms with Gasteiger partial charge in [-0.05, 0) is 52.9 Å². The monoisotopic (exact) mass is 296 g/mol. The molecule has 0 heterocycles. The number of benzene rings is 2. The lowest BCUT2D eigenvalue weighted by molar-refractivity contribution is 0.431. The Labute approximate surface area is 135 Å². The van der Waals surface area contributed by atoms with Crippen molar-refractivity contribution in [3.63, 3.8) is 0 Å². The Morgan fingerprint density at radius 2 is 0.818 bits per heavy atom. The lowest BCUT2D eigenvalue weighted by atomic mass is 9.90. The molecular formula is C20H28N2. The summed E-state index contributed by atoms with van der Waals surface area (Å²) >= 11 is 0. The highest BCUT2D eigenvalue weighted by Gasteiger charge is 2.22. The van der Waals surface area contributed by atoms with Gasteiger partial charge in [-0.25, -0.2) is 0 Å². The predicted octanol–water partition coefficient (Wildman–Crippen LogP) is 4.14. The van der Waals surface area contributed by atoms with E-state index >= 15 is 0 Å². The van der Waals surface area contributed by atoms with E-state index in [9.17, 15) is 0 Å². The normalized spacial score (nSPS) is 13.9. The number of hydrogen-bond donors (Lipinski definition) is 2. The van der Waals surface area contributed by atoms with Gasteiger partial charge in [-0.3, -0.25) is 0 Å². The molecule has 0 spiro atoms. The van der Waals surface area contributed by atoms with Gasteiger partial charge in [0.15, 0.2) is 0 Å². The van der Waals surface area contributed by atoms with Gasteiger partial charge in [-0.15, -0.1) is 0 Å². The quantitative estimate of drug-likeness (QED) is 0.866. The summed E-state index contributed by atoms with van der Waals surface area (Å²) in [6.07, 6.45) is 0. The van der Waals surface area contributed by atoms with Crippen molar-refractivity contribution in [3.8, 4) is 0 Å². The Bertz CT molecular complexity index is 548. The summed E-state index contributed by atoms with van der Waals surface area (Å²) < 4.78 is 0. The van der Waals surface area contributed by atoms with Crippen molar-refractivity contribution < 1.29 is 0 Å². The summed E-state index contributed by atoms with van der Waals surface area (Å²) in [4.78, 5) is 0. The Morgan fingerprint density at radius 1 is 0.545 bits per heavy atom. The molecule has 0 aliphatic rings. The van der Waals surface area contributed by atoms with Crippen LogP contribution in [0.2, 0.25) is 0 Å². The third kappa shape index (κ3) is 3.76. The van der Waals surface area contributed by atoms with Crippen LogP contribution in [0.4, 0.5) is 0 Å². The molecule has 2 aromatic carbocycles. The van der Waals surface area contributed by atoms with Crippen LogP contribution in [0.25, 0.3) is 0 Å². The summed E-state index contributed by atoms with van der Waals surface area (Å²) in [6, 6.07) is 14.0. The molecule has 2 aromatic rings. The highest BCUT2D eigenvalue weighted by Crippen LogP contribution is 2.30. The third-order valence-electron chi connectivity index (χ3n) is 4.16. The number of likely N-dealkylation sites (N-methyl/N-ethyl adjacent to an activating group) is 2. The molecule has 0 amide bonds. The van der Waals surface area contributed by atoms with Crippen LogP contribution in [-0.2, 0) is 0 Å². The van der Waals surface area contributed by atoms with E-state index < -0.39 is 0 Å². The van der Waals surface area contributed by atoms with E-state index in [1.54, 1.807) is 0 Å². The van der Waals surface area contributed by atoms with Gasteiger partial charge in [0.2, 0.25) is 0 Å². The van der Waals surface area contributed by atoms with Crippen LogP contribution in [0.3, 0.4) is 0 Å². The van der Waals surface area contributed by atoms with Gasteiger partial charge in [-0.1, -0.05) is 58.7 Å². The van der Waals surface area contributed by atoms with E-state index in [0.717, 1.165) is 0 Å². The molecule has 0 radical (unpaired) electrons. The molecule has 0 aliphatic carbocycles. The van der Waals surface area contributed by atoms with Crippen LogP contribution in [0.5, 0.6) is 0 Å². The molecule has 0 saturated heterocycles. The smallest absolute Gasteiger partial charge is 0.0515 e. The molecule has 2 N–H and O–H groups in total. The van der Waals surface area contributed by atoms with Crippen LogP contribution in [-0.4, -0.2) is 14.1 Å². The van der Waals surface area contributed by atoms with Crippen molar-refractivity contribution in [1.29, 1.82) is 0 Å². The molecule has 0 saturated carbocycles. The molecule has 118 valence electrons. The van der Waals surface area contributed by atoms with Gasteiger partial charge in [0.1, 0.15) is 0 Å². The first-order valence-electron chi connectivity index (χ1n) is 7.95. The molecule has 2 nitrogen and oxygen atoms in total. The van der Waals surface area contributed by atoms with Crippen LogP contribution < -0.4 is 10.6 Å². The van der Waals surface area contributed by atoms with Gasteiger partial charge < -0.3 is 10.6 Å². The summed E-state index contributed by atoms with van der Waals surface area (Å²) in [5.41, 5.74) is 7.91. The lowest BCUT2D eigenvalue weighted by Gasteiger charge is -2.28. The first-order chi connectivity index (χ1) is 10.4. The minimum Gasteiger partial charge on any atom is -0.311 e. The fourth-order valence-electron chi connectivity index (χ4n) is 3.43. The second kappa shape index (κ2) is 7.08. The summed E-state index contributed by atoms with van der Waals surface area (Å²) in [7, 11) is 4.07. The standard InChI is InChI=1S/C20H28N2/c1-13-7-14(2)10-17(9-13)19(21-5)20(22-6)18-11-15(3)8-16(4)12-18/h7-12,19-22H,1-6H3. The molecule has 22 heavy (non-hydrogen) atoms. The SMILES string of the molecule is CNC(c1cc(C)cc(C)c1)C(NC)c1cc(C)cc(C)c1. The van der Waals surface area contributed by atoms with E-state index in [1.807, 2.05) is 14.1 Å². The predicted molar refractivity (Wildman–Crippen MR) is 95.4 cm³/mol. The third-order valence-corrected chi connectivity index (χ3v) is 4.16. The lowest BCUT2D eigenvalue weighted by Crippen LogP contribution is -2.32. The summed E-state index contributed by atoms with van der Waals surface area (Å²) in [5, 5.41) is 7.00. The molecule has 0 aliphatic heterocycles. The minimum atomic E-state index is 0.241. The van der Waals surface area contributed by atoms with E-state index in [2.05, 4.69) is 74.7 Å². The van der Waals surface area contributed by atoms with Crippen LogP contribution >= 0.6 is 0 Å². The minimum absolute atomic E-state index is 0.241. The fraction of sp³-hybridized carbons (Fsp3) is 0.400. The average molecular weight is 296 g/mol. The van der Waals surface area contributed by atoms with Crippen LogP contribution in [0, 0.1) is 27.7 Å². The van der Waals surface area contributed by atoms with Crippen molar-refractivity contribution in [2.24, 2.45) is 0 Å². The zero-order valence-electron chi connectivity index (χ0n) is 14.6. The maximum absolute atomic E-state index is 3.50. The second-order valence-corrected chi connectivity index (χ2v) is 6.37. The van der Waals surface area contributed by atoms with Crippen LogP contribution in [0.15, 0.2) is 36.4 Å². The maximum atomic E-state index is 3.50. The van der Waals surface area contributed by atoms with Gasteiger partial charge in [0.25, 0.3) is 0 Å². The number of nitrogens with one attached hydrogen (secondary N) is 2. The van der Waals surface area contributed by atoms with Crippen molar-refractivity contribution in [2.75, 3.05) is 14.1 Å². The van der Waals surface area contributed by atoms with E-state index in [-0.39, 0.29) is 12.1 Å². The molecule has 2 unspecified atom stereocenters. The van der Waals surface area contributed by atoms with Crippen molar-refractivity contribution in [1.82, 2.24) is 10.6 Å². The fourth-order valence-corrected chi connectivity index (χ4v) is 3.43. The van der Waals surface area contributed by atoms with Gasteiger partial charge in [0, 0.05) is 0 Å². The van der Waals surface area contributed by atoms with Crippen LogP contribution in [0.1, 0.15) is 45.5 Å². The summed E-state index contributed by atoms with van der Waals surface area (Å²) in [5.74, 6) is 0. The van der Waals surface area contributed by atoms with E-state index in [4.69, 9.17) is 0 Å². The molecule has 2 heteroatoms. The van der Waals surface area contributed by atoms with Crippen molar-refractivity contribution in [3.05, 3.63) is 69.8 Å². The van der Waals surface area contributed by atoms with Gasteiger partial charge in [-0.2, -0.15) is 0 Å². The molecule has 2 atom stereocenters. The zero-order chi connectivity index (χ0) is 16.3. The zero-order valence-corrected chi connectivity index (χ0v) is 14.6. The largest absolute Gasteiger partial charge is 0.311 e. The molecule has 0 fully saturated rings. The highest BCUT2D eigenvalue weighted by atomic mass is 15.0. The van der Waals surface area contributed by atoms with E-state index in [0.29, 0.717) is 0 Å². The Morgan fingerprint density at radius 3 is 1.05 bits per heavy atom. The molecule has 0 aromatic heterocycles. The highest BCUT2D eigenvalue weighted by molar-refractivity contribution is 5.36. The number of aryl methyl sites for hydroxylation is 4. The summed E-state index contributed by atoms with van der Waals surface area (Å²) in [6.45, 7) is 8.64. The Balaban J connectivity index is 2.46. The van der Waals surface area contributed by atoms with E-state index in [1.165, 1.54) is 33.4 Å². The topological polar surface area (TPSA) is 24.1 Å². The molecule has 0 bridgehead atoms. The molecule has 2 rings (SSSR count). The number of rotatable bonds is 5. The first-order valence-corrected chi connectivity index (χ1v) is 7.95. The van der Waals surface area contributed by atoms with Gasteiger partial charge in [0.05, 0.1) is 12.1 Å². The first kappa shape index (κ1) is 16.7. The molecular weight excluding hydrogens is 268 g/mol.